The summed E-state index contributed by atoms with van der Waals surface area (Å²) < 4.78 is 15.5. The van der Waals surface area contributed by atoms with Gasteiger partial charge in [-0.2, -0.15) is 0 Å². The van der Waals surface area contributed by atoms with Crippen molar-refractivity contribution >= 4 is 34.4 Å². The zero-order valence-electron chi connectivity index (χ0n) is 16.4. The maximum atomic E-state index is 13.5. The molecule has 152 valence electrons. The van der Waals surface area contributed by atoms with Crippen molar-refractivity contribution < 1.29 is 4.39 Å². The van der Waals surface area contributed by atoms with Crippen LogP contribution in [-0.2, 0) is 5.75 Å². The van der Waals surface area contributed by atoms with Gasteiger partial charge in [0.15, 0.2) is 0 Å². The van der Waals surface area contributed by atoms with Crippen LogP contribution in [0.3, 0.4) is 0 Å². The first-order valence-corrected chi connectivity index (χ1v) is 11.1. The monoisotopic (exact) mass is 445 g/mol. The molecule has 0 N–H and O–H groups in total. The molecule has 0 aliphatic carbocycles. The number of thioether (sulfide) groups is 1. The Labute approximate surface area is 188 Å². The van der Waals surface area contributed by atoms with E-state index in [9.17, 15) is 4.39 Å². The lowest BCUT2D eigenvalue weighted by Gasteiger charge is -2.07. The van der Waals surface area contributed by atoms with Gasteiger partial charge in [-0.05, 0) is 41.5 Å². The van der Waals surface area contributed by atoms with Crippen LogP contribution in [0.2, 0.25) is 5.02 Å². The Morgan fingerprint density at radius 1 is 0.871 bits per heavy atom. The van der Waals surface area contributed by atoms with E-state index >= 15 is 0 Å². The van der Waals surface area contributed by atoms with E-state index in [1.165, 1.54) is 12.1 Å². The molecule has 0 radical (unpaired) electrons. The second-order valence-electron chi connectivity index (χ2n) is 7.01. The standard InChI is InChI=1S/C25H17ClFN3S/c26-22-9-5-4-8-18(22)15-31-25-23-21(17-6-2-1-3-7-17)14-30(24(23)28-16-29-25)20-12-10-19(27)11-13-20/h1-14,16H,15H2. The van der Waals surface area contributed by atoms with Gasteiger partial charge in [-0.1, -0.05) is 60.1 Å². The average molecular weight is 446 g/mol. The van der Waals surface area contributed by atoms with Crippen LogP contribution in [-0.4, -0.2) is 14.5 Å². The minimum Gasteiger partial charge on any atom is -0.301 e. The minimum atomic E-state index is -0.269. The van der Waals surface area contributed by atoms with E-state index in [2.05, 4.69) is 22.1 Å². The van der Waals surface area contributed by atoms with Crippen LogP contribution < -0.4 is 0 Å². The van der Waals surface area contributed by atoms with Crippen LogP contribution in [0.15, 0.2) is 96.4 Å². The van der Waals surface area contributed by atoms with Gasteiger partial charge in [0.25, 0.3) is 0 Å². The molecule has 3 nitrogen and oxygen atoms in total. The topological polar surface area (TPSA) is 30.7 Å². The zero-order chi connectivity index (χ0) is 21.2. The highest BCUT2D eigenvalue weighted by molar-refractivity contribution is 7.98. The number of benzene rings is 3. The molecular weight excluding hydrogens is 429 g/mol. The molecule has 0 bridgehead atoms. The van der Waals surface area contributed by atoms with E-state index in [4.69, 9.17) is 11.6 Å². The Bertz CT molecular complexity index is 1350. The number of hydrogen-bond donors (Lipinski definition) is 0. The van der Waals surface area contributed by atoms with Gasteiger partial charge in [0.2, 0.25) is 0 Å². The molecule has 5 rings (SSSR count). The molecule has 2 heterocycles. The van der Waals surface area contributed by atoms with E-state index in [0.29, 0.717) is 5.75 Å². The van der Waals surface area contributed by atoms with E-state index in [0.717, 1.165) is 43.5 Å². The number of hydrogen-bond acceptors (Lipinski definition) is 3. The SMILES string of the molecule is Fc1ccc(-n2cc(-c3ccccc3)c3c(SCc4ccccc4Cl)ncnc32)cc1. The molecule has 0 saturated heterocycles. The Morgan fingerprint density at radius 3 is 2.39 bits per heavy atom. The Kier molecular flexibility index (Phi) is 5.45. The van der Waals surface area contributed by atoms with Gasteiger partial charge in [-0.15, -0.1) is 11.8 Å². The molecule has 5 aromatic rings. The third-order valence-corrected chi connectivity index (χ3v) is 6.47. The normalized spacial score (nSPS) is 11.2. The molecule has 3 aromatic carbocycles. The van der Waals surface area contributed by atoms with Crippen molar-refractivity contribution in [3.63, 3.8) is 0 Å². The van der Waals surface area contributed by atoms with Crippen LogP contribution in [0, 0.1) is 5.82 Å². The molecule has 0 unspecified atom stereocenters. The number of nitrogens with zero attached hydrogens (tertiary/aromatic N) is 3. The van der Waals surface area contributed by atoms with Crippen LogP contribution in [0.4, 0.5) is 4.39 Å². The minimum absolute atomic E-state index is 0.269. The van der Waals surface area contributed by atoms with Crippen LogP contribution >= 0.6 is 23.4 Å². The number of fused-ring (bicyclic) bond motifs is 1. The predicted octanol–water partition coefficient (Wildman–Crippen LogP) is 7.17. The molecule has 6 heteroatoms. The first kappa shape index (κ1) is 19.8. The first-order valence-electron chi connectivity index (χ1n) is 9.74. The summed E-state index contributed by atoms with van der Waals surface area (Å²) in [5, 5.41) is 2.59. The van der Waals surface area contributed by atoms with Crippen molar-refractivity contribution in [2.45, 2.75) is 10.8 Å². The highest BCUT2D eigenvalue weighted by Crippen LogP contribution is 2.38. The lowest BCUT2D eigenvalue weighted by molar-refractivity contribution is 0.627. The third-order valence-electron chi connectivity index (χ3n) is 5.06. The summed E-state index contributed by atoms with van der Waals surface area (Å²) in [4.78, 5) is 9.17. The second-order valence-corrected chi connectivity index (χ2v) is 8.38. The smallest absolute Gasteiger partial charge is 0.149 e. The highest BCUT2D eigenvalue weighted by atomic mass is 35.5. The van der Waals surface area contributed by atoms with Crippen molar-refractivity contribution in [2.24, 2.45) is 0 Å². The van der Waals surface area contributed by atoms with Gasteiger partial charge in [0, 0.05) is 28.2 Å². The number of aromatic nitrogens is 3. The van der Waals surface area contributed by atoms with Gasteiger partial charge in [0.1, 0.15) is 22.8 Å². The van der Waals surface area contributed by atoms with Crippen molar-refractivity contribution in [2.75, 3.05) is 0 Å². The summed E-state index contributed by atoms with van der Waals surface area (Å²) in [5.41, 5.74) is 4.78. The number of halogens is 2. The predicted molar refractivity (Wildman–Crippen MR) is 125 cm³/mol. The van der Waals surface area contributed by atoms with Gasteiger partial charge >= 0.3 is 0 Å². The molecular formula is C25H17ClFN3S. The average Bonchev–Trinajstić information content (AvgIpc) is 3.20. The van der Waals surface area contributed by atoms with Crippen molar-refractivity contribution in [3.8, 4) is 16.8 Å². The van der Waals surface area contributed by atoms with E-state index in [1.807, 2.05) is 53.2 Å². The van der Waals surface area contributed by atoms with Gasteiger partial charge in [0.05, 0.1) is 5.39 Å². The molecule has 0 amide bonds. The molecule has 0 fully saturated rings. The fourth-order valence-corrected chi connectivity index (χ4v) is 4.83. The summed E-state index contributed by atoms with van der Waals surface area (Å²) in [6.45, 7) is 0. The van der Waals surface area contributed by atoms with Gasteiger partial charge in [-0.25, -0.2) is 14.4 Å². The zero-order valence-corrected chi connectivity index (χ0v) is 17.9. The van der Waals surface area contributed by atoms with Crippen LogP contribution in [0.25, 0.3) is 27.8 Å². The lowest BCUT2D eigenvalue weighted by Crippen LogP contribution is -1.95. The van der Waals surface area contributed by atoms with E-state index in [-0.39, 0.29) is 5.82 Å². The molecule has 0 aliphatic heterocycles. The Morgan fingerprint density at radius 2 is 1.61 bits per heavy atom. The van der Waals surface area contributed by atoms with Crippen molar-refractivity contribution in [1.82, 2.24) is 14.5 Å². The fraction of sp³-hybridized carbons (Fsp3) is 0.0400. The quantitative estimate of drug-likeness (QED) is 0.212. The molecule has 0 saturated carbocycles. The molecule has 0 aliphatic rings. The van der Waals surface area contributed by atoms with Crippen molar-refractivity contribution in [1.29, 1.82) is 0 Å². The van der Waals surface area contributed by atoms with E-state index < -0.39 is 0 Å². The molecule has 0 spiro atoms. The van der Waals surface area contributed by atoms with Gasteiger partial charge in [-0.3, -0.25) is 0 Å². The maximum Gasteiger partial charge on any atom is 0.149 e. The Balaban J connectivity index is 1.66. The van der Waals surface area contributed by atoms with Crippen molar-refractivity contribution in [3.05, 3.63) is 108 Å². The van der Waals surface area contributed by atoms with Crippen LogP contribution in [0.1, 0.15) is 5.56 Å². The Hall–Kier alpha value is -3.15. The molecule has 2 aromatic heterocycles. The first-order chi connectivity index (χ1) is 15.2. The summed E-state index contributed by atoms with van der Waals surface area (Å²) >= 11 is 7.98. The summed E-state index contributed by atoms with van der Waals surface area (Å²) in [6.07, 6.45) is 3.62. The number of rotatable bonds is 5. The summed E-state index contributed by atoms with van der Waals surface area (Å²) in [7, 11) is 0. The molecule has 0 atom stereocenters. The lowest BCUT2D eigenvalue weighted by atomic mass is 10.1. The van der Waals surface area contributed by atoms with Crippen LogP contribution in [0.5, 0.6) is 0 Å². The third kappa shape index (κ3) is 3.94. The van der Waals surface area contributed by atoms with E-state index in [1.54, 1.807) is 30.2 Å². The fourth-order valence-electron chi connectivity index (χ4n) is 3.54. The largest absolute Gasteiger partial charge is 0.301 e. The maximum absolute atomic E-state index is 13.5. The van der Waals surface area contributed by atoms with Gasteiger partial charge < -0.3 is 4.57 Å². The summed E-state index contributed by atoms with van der Waals surface area (Å²) in [6, 6.07) is 24.4. The molecule has 31 heavy (non-hydrogen) atoms. The second kappa shape index (κ2) is 8.53. The highest BCUT2D eigenvalue weighted by Gasteiger charge is 2.18. The summed E-state index contributed by atoms with van der Waals surface area (Å²) in [5.74, 6) is 0.427.